The molecule has 0 aromatic heterocycles. The number of carbonyl (C=O) groups is 1. The van der Waals surface area contributed by atoms with Gasteiger partial charge in [0.25, 0.3) is 0 Å². The molecule has 15 heavy (non-hydrogen) atoms. The number of hydrogen-bond donors (Lipinski definition) is 1. The maximum atomic E-state index is 11.4. The van der Waals surface area contributed by atoms with Gasteiger partial charge in [0, 0.05) is 13.5 Å². The number of methoxy groups -OCH3 is 1. The highest BCUT2D eigenvalue weighted by molar-refractivity contribution is 5.85. The second-order valence-corrected chi connectivity index (χ2v) is 3.39. The topological polar surface area (TPSA) is 70.8 Å². The molecule has 3 atom stereocenters. The van der Waals surface area contributed by atoms with E-state index in [1.54, 1.807) is 6.92 Å². The van der Waals surface area contributed by atoms with Crippen LogP contribution in [0.25, 0.3) is 0 Å². The molecule has 1 saturated heterocycles. The largest absolute Gasteiger partial charge is 0.459 e. The molecule has 0 bridgehead atoms. The van der Waals surface area contributed by atoms with Crippen molar-refractivity contribution in [1.29, 1.82) is 0 Å². The highest BCUT2D eigenvalue weighted by Gasteiger charge is 2.26. The van der Waals surface area contributed by atoms with Gasteiger partial charge in [0.2, 0.25) is 0 Å². The summed E-state index contributed by atoms with van der Waals surface area (Å²) in [5, 5.41) is 0. The van der Waals surface area contributed by atoms with E-state index in [1.165, 1.54) is 7.11 Å². The Hall–Kier alpha value is -0.360. The fraction of sp³-hybridized carbons (Fsp3) is 0.889. The molecule has 0 saturated carbocycles. The van der Waals surface area contributed by atoms with Crippen LogP contribution in [0, 0.1) is 0 Å². The van der Waals surface area contributed by atoms with Crippen molar-refractivity contribution in [3.8, 4) is 0 Å². The van der Waals surface area contributed by atoms with E-state index in [1.807, 2.05) is 0 Å². The van der Waals surface area contributed by atoms with Gasteiger partial charge in [-0.15, -0.1) is 12.4 Å². The van der Waals surface area contributed by atoms with Crippen LogP contribution >= 0.6 is 12.4 Å². The average molecular weight is 240 g/mol. The lowest BCUT2D eigenvalue weighted by Gasteiger charge is -2.19. The summed E-state index contributed by atoms with van der Waals surface area (Å²) in [6.07, 6.45) is 0.280. The van der Waals surface area contributed by atoms with Gasteiger partial charge in [-0.1, -0.05) is 0 Å². The third-order valence-corrected chi connectivity index (χ3v) is 2.32. The first-order valence-corrected chi connectivity index (χ1v) is 4.71. The van der Waals surface area contributed by atoms with Gasteiger partial charge < -0.3 is 19.9 Å². The lowest BCUT2D eigenvalue weighted by atomic mass is 10.2. The number of halogens is 1. The van der Waals surface area contributed by atoms with Gasteiger partial charge in [-0.2, -0.15) is 0 Å². The summed E-state index contributed by atoms with van der Waals surface area (Å²) in [7, 11) is 1.51. The molecule has 0 aromatic rings. The Kier molecular flexibility index (Phi) is 6.84. The Balaban J connectivity index is 0.00000196. The molecule has 0 amide bonds. The number of carbonyl (C=O) groups excluding carboxylic acids is 1. The minimum Gasteiger partial charge on any atom is -0.459 e. The van der Waals surface area contributed by atoms with E-state index in [0.29, 0.717) is 13.2 Å². The van der Waals surface area contributed by atoms with Gasteiger partial charge in [0.05, 0.1) is 19.3 Å². The van der Waals surface area contributed by atoms with Crippen LogP contribution in [0.5, 0.6) is 0 Å². The molecule has 0 aromatic carbocycles. The minimum absolute atomic E-state index is 0. The maximum absolute atomic E-state index is 11.4. The number of ether oxygens (including phenoxy) is 3. The van der Waals surface area contributed by atoms with Crippen LogP contribution in [0.3, 0.4) is 0 Å². The van der Waals surface area contributed by atoms with E-state index >= 15 is 0 Å². The van der Waals surface area contributed by atoms with Crippen LogP contribution in [0.2, 0.25) is 0 Å². The Morgan fingerprint density at radius 1 is 1.60 bits per heavy atom. The van der Waals surface area contributed by atoms with Crippen molar-refractivity contribution in [3.63, 3.8) is 0 Å². The van der Waals surface area contributed by atoms with Crippen molar-refractivity contribution in [2.45, 2.75) is 31.6 Å². The first-order chi connectivity index (χ1) is 6.65. The molecule has 0 radical (unpaired) electrons. The number of nitrogens with two attached hydrogens (primary N) is 1. The molecule has 90 valence electrons. The van der Waals surface area contributed by atoms with E-state index in [9.17, 15) is 4.79 Å². The Bertz CT molecular complexity index is 197. The molecule has 6 heteroatoms. The van der Waals surface area contributed by atoms with E-state index in [-0.39, 0.29) is 24.6 Å². The van der Waals surface area contributed by atoms with Crippen LogP contribution in [-0.4, -0.2) is 44.5 Å². The van der Waals surface area contributed by atoms with Crippen LogP contribution in [0.1, 0.15) is 13.3 Å². The number of rotatable bonds is 4. The summed E-state index contributed by atoms with van der Waals surface area (Å²) in [6.45, 7) is 2.85. The van der Waals surface area contributed by atoms with Crippen LogP contribution < -0.4 is 5.73 Å². The lowest BCUT2D eigenvalue weighted by molar-refractivity contribution is -0.153. The van der Waals surface area contributed by atoms with E-state index in [2.05, 4.69) is 0 Å². The number of hydrogen-bond acceptors (Lipinski definition) is 5. The number of esters is 1. The zero-order valence-electron chi connectivity index (χ0n) is 8.97. The molecule has 1 aliphatic rings. The fourth-order valence-electron chi connectivity index (χ4n) is 1.19. The van der Waals surface area contributed by atoms with Crippen LogP contribution in [0.15, 0.2) is 0 Å². The average Bonchev–Trinajstić information content (AvgIpc) is 2.68. The molecule has 1 fully saturated rings. The maximum Gasteiger partial charge on any atom is 0.325 e. The highest BCUT2D eigenvalue weighted by atomic mass is 35.5. The Labute approximate surface area is 95.6 Å². The predicted molar refractivity (Wildman–Crippen MR) is 57.0 cm³/mol. The highest BCUT2D eigenvalue weighted by Crippen LogP contribution is 2.09. The van der Waals surface area contributed by atoms with E-state index in [0.717, 1.165) is 6.42 Å². The molecule has 0 spiro atoms. The van der Waals surface area contributed by atoms with Crippen LogP contribution in [-0.2, 0) is 19.0 Å². The lowest BCUT2D eigenvalue weighted by Crippen LogP contribution is -2.43. The molecule has 2 N–H and O–H groups in total. The van der Waals surface area contributed by atoms with Gasteiger partial charge in [0.1, 0.15) is 12.1 Å². The second kappa shape index (κ2) is 7.00. The molecular weight excluding hydrogens is 222 g/mol. The van der Waals surface area contributed by atoms with Gasteiger partial charge >= 0.3 is 5.97 Å². The molecule has 1 rings (SSSR count). The third kappa shape index (κ3) is 4.34. The molecule has 1 heterocycles. The first-order valence-electron chi connectivity index (χ1n) is 4.71. The summed E-state index contributed by atoms with van der Waals surface area (Å²) < 4.78 is 15.1. The van der Waals surface area contributed by atoms with Crippen molar-refractivity contribution < 1.29 is 19.0 Å². The molecule has 5 nitrogen and oxygen atoms in total. The van der Waals surface area contributed by atoms with Crippen molar-refractivity contribution in [1.82, 2.24) is 0 Å². The summed E-state index contributed by atoms with van der Waals surface area (Å²) in [5.74, 6) is -0.421. The standard InChI is InChI=1S/C9H17NO4.ClH/c1-6(12-2)8(10)9(11)14-7-3-4-13-5-7;/h6-8H,3-5,10H2,1-2H3;1H/t6-,7?,8+;/m1./s1. The van der Waals surface area contributed by atoms with Crippen molar-refractivity contribution in [3.05, 3.63) is 0 Å². The van der Waals surface area contributed by atoms with E-state index < -0.39 is 12.0 Å². The van der Waals surface area contributed by atoms with Crippen molar-refractivity contribution >= 4 is 18.4 Å². The van der Waals surface area contributed by atoms with Crippen molar-refractivity contribution in [2.75, 3.05) is 20.3 Å². The molecule has 0 aliphatic carbocycles. The molecule has 1 aliphatic heterocycles. The summed E-state index contributed by atoms with van der Waals surface area (Å²) in [5.41, 5.74) is 5.61. The predicted octanol–water partition coefficient (Wildman–Crippen LogP) is 0.103. The summed E-state index contributed by atoms with van der Waals surface area (Å²) in [6, 6.07) is -0.722. The quantitative estimate of drug-likeness (QED) is 0.705. The first kappa shape index (κ1) is 14.6. The zero-order chi connectivity index (χ0) is 10.6. The van der Waals surface area contributed by atoms with E-state index in [4.69, 9.17) is 19.9 Å². The molecule has 1 unspecified atom stereocenters. The normalized spacial score (nSPS) is 24.1. The minimum atomic E-state index is -0.722. The van der Waals surface area contributed by atoms with Gasteiger partial charge in [-0.05, 0) is 6.92 Å². The zero-order valence-corrected chi connectivity index (χ0v) is 9.79. The summed E-state index contributed by atoms with van der Waals surface area (Å²) >= 11 is 0. The van der Waals surface area contributed by atoms with Crippen LogP contribution in [0.4, 0.5) is 0 Å². The monoisotopic (exact) mass is 239 g/mol. The Morgan fingerprint density at radius 2 is 2.27 bits per heavy atom. The summed E-state index contributed by atoms with van der Waals surface area (Å²) in [4.78, 5) is 11.4. The smallest absolute Gasteiger partial charge is 0.325 e. The SMILES string of the molecule is CO[C@H](C)[C@H](N)C(=O)OC1CCOC1.Cl. The van der Waals surface area contributed by atoms with Crippen molar-refractivity contribution in [2.24, 2.45) is 5.73 Å². The molecular formula is C9H18ClNO4. The fourth-order valence-corrected chi connectivity index (χ4v) is 1.19. The Morgan fingerprint density at radius 3 is 2.73 bits per heavy atom. The second-order valence-electron chi connectivity index (χ2n) is 3.39. The van der Waals surface area contributed by atoms with Gasteiger partial charge in [-0.3, -0.25) is 4.79 Å². The van der Waals surface area contributed by atoms with Gasteiger partial charge in [0.15, 0.2) is 0 Å². The third-order valence-electron chi connectivity index (χ3n) is 2.32. The van der Waals surface area contributed by atoms with Gasteiger partial charge in [-0.25, -0.2) is 0 Å².